The molecule has 0 bridgehead atoms. The molecule has 2 aliphatic heterocycles. The molecule has 1 aliphatic carbocycles. The van der Waals surface area contributed by atoms with Crippen molar-refractivity contribution in [2.75, 3.05) is 50.7 Å². The van der Waals surface area contributed by atoms with E-state index in [1.807, 2.05) is 19.1 Å². The predicted octanol–water partition coefficient (Wildman–Crippen LogP) is 5.16. The summed E-state index contributed by atoms with van der Waals surface area (Å²) in [7, 11) is 0. The monoisotopic (exact) mass is 741 g/mol. The Bertz CT molecular complexity index is 2080. The molecule has 0 atom stereocenters. The number of halogens is 2. The zero-order chi connectivity index (χ0) is 37.2. The van der Waals surface area contributed by atoms with Gasteiger partial charge in [0.1, 0.15) is 23.0 Å². The topological polar surface area (TPSA) is 146 Å². The lowest BCUT2D eigenvalue weighted by Crippen LogP contribution is -2.48. The van der Waals surface area contributed by atoms with E-state index in [0.29, 0.717) is 71.3 Å². The van der Waals surface area contributed by atoms with E-state index in [9.17, 15) is 14.9 Å². The van der Waals surface area contributed by atoms with Crippen LogP contribution in [0.15, 0.2) is 41.2 Å². The number of hydrogen-bond acceptors (Lipinski definition) is 10. The van der Waals surface area contributed by atoms with E-state index in [1.54, 1.807) is 35.8 Å². The van der Waals surface area contributed by atoms with E-state index in [0.717, 1.165) is 70.0 Å². The van der Waals surface area contributed by atoms with Crippen molar-refractivity contribution in [1.82, 2.24) is 29.5 Å². The van der Waals surface area contributed by atoms with Crippen molar-refractivity contribution in [1.29, 1.82) is 5.26 Å². The molecule has 3 fully saturated rings. The zero-order valence-corrected chi connectivity index (χ0v) is 31.0. The number of primary amides is 1. The highest BCUT2D eigenvalue weighted by Crippen LogP contribution is 2.36. The van der Waals surface area contributed by atoms with E-state index >= 15 is 4.39 Å². The minimum atomic E-state index is -0.580. The SMILES string of the molecule is Cc1c(OC2CCC(n3c(=O)c(C)nc4ccc(CN5CCN(CC6CCN(c7ccc(C(N)=O)nn7)CC6)CC5)c(F)c43)CC2)ccc(C#N)c1Cl. The van der Waals surface area contributed by atoms with E-state index in [-0.39, 0.29) is 34.7 Å². The molecule has 3 aliphatic rings. The number of carbonyl (C=O) groups is 1. The minimum absolute atomic E-state index is 0.0747. The number of nitrogens with two attached hydrogens (primary N) is 1. The lowest BCUT2D eigenvalue weighted by Gasteiger charge is -2.39. The van der Waals surface area contributed by atoms with Crippen molar-refractivity contribution in [3.63, 3.8) is 0 Å². The largest absolute Gasteiger partial charge is 0.490 e. The van der Waals surface area contributed by atoms with Crippen LogP contribution in [0.2, 0.25) is 5.02 Å². The average Bonchev–Trinajstić information content (AvgIpc) is 3.17. The average molecular weight is 742 g/mol. The summed E-state index contributed by atoms with van der Waals surface area (Å²) in [5, 5.41) is 17.8. The van der Waals surface area contributed by atoms with Crippen molar-refractivity contribution in [3.8, 4) is 11.8 Å². The molecule has 7 rings (SSSR count). The summed E-state index contributed by atoms with van der Waals surface area (Å²) in [5.74, 6) is 1.06. The second-order valence-corrected chi connectivity index (χ2v) is 15.0. The number of nitrogens with zero attached hydrogens (tertiary/aromatic N) is 8. The first kappa shape index (κ1) is 36.7. The third-order valence-corrected chi connectivity index (χ3v) is 11.7. The third-order valence-electron chi connectivity index (χ3n) is 11.2. The number of benzene rings is 2. The van der Waals surface area contributed by atoms with Crippen LogP contribution >= 0.6 is 11.6 Å². The maximum atomic E-state index is 16.5. The summed E-state index contributed by atoms with van der Waals surface area (Å²) in [4.78, 5) is 36.4. The molecule has 1 saturated carbocycles. The molecule has 278 valence electrons. The van der Waals surface area contributed by atoms with Gasteiger partial charge in [0.05, 0.1) is 22.2 Å². The van der Waals surface area contributed by atoms with Gasteiger partial charge in [-0.2, -0.15) is 5.26 Å². The number of aryl methyl sites for hydroxylation is 1. The maximum Gasteiger partial charge on any atom is 0.272 e. The molecular formula is C39H45ClFN9O3. The fraction of sp³-hybridized carbons (Fsp3) is 0.487. The summed E-state index contributed by atoms with van der Waals surface area (Å²) in [6.45, 7) is 10.3. The smallest absolute Gasteiger partial charge is 0.272 e. The first-order valence-electron chi connectivity index (χ1n) is 18.5. The number of rotatable bonds is 9. The molecule has 53 heavy (non-hydrogen) atoms. The van der Waals surface area contributed by atoms with Crippen LogP contribution in [0.25, 0.3) is 11.0 Å². The first-order chi connectivity index (χ1) is 25.6. The number of fused-ring (bicyclic) bond motifs is 1. The van der Waals surface area contributed by atoms with Crippen LogP contribution in [0.5, 0.6) is 5.75 Å². The molecule has 14 heteroatoms. The molecule has 0 unspecified atom stereocenters. The lowest BCUT2D eigenvalue weighted by molar-refractivity contribution is 0.0994. The van der Waals surface area contributed by atoms with Crippen molar-refractivity contribution in [2.45, 2.75) is 71.1 Å². The van der Waals surface area contributed by atoms with Crippen LogP contribution in [0.4, 0.5) is 10.2 Å². The van der Waals surface area contributed by atoms with Gasteiger partial charge in [-0.25, -0.2) is 9.37 Å². The third kappa shape index (κ3) is 7.86. The van der Waals surface area contributed by atoms with Crippen molar-refractivity contribution < 1.29 is 13.9 Å². The van der Waals surface area contributed by atoms with E-state index in [2.05, 4.69) is 36.0 Å². The van der Waals surface area contributed by atoms with Gasteiger partial charge in [-0.3, -0.25) is 19.1 Å². The van der Waals surface area contributed by atoms with Crippen LogP contribution in [0.1, 0.15) is 77.4 Å². The second kappa shape index (κ2) is 15.8. The number of hydrogen-bond donors (Lipinski definition) is 1. The van der Waals surface area contributed by atoms with Crippen LogP contribution in [-0.4, -0.2) is 87.4 Å². The highest BCUT2D eigenvalue weighted by Gasteiger charge is 2.29. The van der Waals surface area contributed by atoms with Gasteiger partial charge in [-0.15, -0.1) is 10.2 Å². The van der Waals surface area contributed by atoms with Crippen molar-refractivity contribution in [2.24, 2.45) is 11.7 Å². The van der Waals surface area contributed by atoms with Gasteiger partial charge < -0.3 is 20.3 Å². The first-order valence-corrected chi connectivity index (χ1v) is 18.9. The molecular weight excluding hydrogens is 697 g/mol. The highest BCUT2D eigenvalue weighted by molar-refractivity contribution is 6.32. The Labute approximate surface area is 313 Å². The second-order valence-electron chi connectivity index (χ2n) is 14.6. The number of anilines is 1. The van der Waals surface area contributed by atoms with Gasteiger partial charge in [-0.05, 0) is 88.6 Å². The Morgan fingerprint density at radius 1 is 0.962 bits per heavy atom. The molecule has 0 spiro atoms. The molecule has 2 aromatic heterocycles. The maximum absolute atomic E-state index is 16.5. The van der Waals surface area contributed by atoms with Crippen LogP contribution in [0, 0.1) is 36.9 Å². The summed E-state index contributed by atoms with van der Waals surface area (Å²) < 4.78 is 24.5. The number of ether oxygens (including phenoxy) is 1. The van der Waals surface area contributed by atoms with Gasteiger partial charge in [0.25, 0.3) is 11.5 Å². The minimum Gasteiger partial charge on any atom is -0.490 e. The molecule has 2 aromatic carbocycles. The van der Waals surface area contributed by atoms with E-state index < -0.39 is 5.91 Å². The van der Waals surface area contributed by atoms with Gasteiger partial charge in [-0.1, -0.05) is 17.7 Å². The summed E-state index contributed by atoms with van der Waals surface area (Å²) in [6.07, 6.45) is 4.75. The predicted molar refractivity (Wildman–Crippen MR) is 201 cm³/mol. The highest BCUT2D eigenvalue weighted by atomic mass is 35.5. The number of carbonyl (C=O) groups excluding carboxylic acids is 1. The quantitative estimate of drug-likeness (QED) is 0.244. The number of piperazine rings is 1. The number of amides is 1. The van der Waals surface area contributed by atoms with Gasteiger partial charge >= 0.3 is 0 Å². The molecule has 1 amide bonds. The number of piperidine rings is 1. The van der Waals surface area contributed by atoms with Gasteiger partial charge in [0.15, 0.2) is 17.3 Å². The normalized spacial score (nSPS) is 20.4. The Kier molecular flexibility index (Phi) is 10.9. The molecule has 12 nitrogen and oxygen atoms in total. The summed E-state index contributed by atoms with van der Waals surface area (Å²) in [6, 6.07) is 12.5. The molecule has 2 saturated heterocycles. The fourth-order valence-corrected chi connectivity index (χ4v) is 8.28. The van der Waals surface area contributed by atoms with Crippen LogP contribution < -0.4 is 20.9 Å². The van der Waals surface area contributed by atoms with Gasteiger partial charge in [0.2, 0.25) is 0 Å². The Morgan fingerprint density at radius 3 is 2.34 bits per heavy atom. The summed E-state index contributed by atoms with van der Waals surface area (Å²) in [5.41, 5.74) is 8.08. The lowest BCUT2D eigenvalue weighted by atomic mass is 9.92. The Hall–Kier alpha value is -4.64. The Morgan fingerprint density at radius 2 is 1.68 bits per heavy atom. The number of nitriles is 1. The van der Waals surface area contributed by atoms with Crippen molar-refractivity contribution in [3.05, 3.63) is 85.7 Å². The molecule has 4 heterocycles. The molecule has 0 radical (unpaired) electrons. The van der Waals surface area contributed by atoms with E-state index in [1.165, 1.54) is 0 Å². The van der Waals surface area contributed by atoms with Crippen LogP contribution in [0.3, 0.4) is 0 Å². The summed E-state index contributed by atoms with van der Waals surface area (Å²) >= 11 is 6.37. The van der Waals surface area contributed by atoms with Crippen molar-refractivity contribution >= 4 is 34.4 Å². The number of aromatic nitrogens is 4. The van der Waals surface area contributed by atoms with Crippen LogP contribution in [-0.2, 0) is 6.54 Å². The molecule has 2 N–H and O–H groups in total. The van der Waals surface area contributed by atoms with Gasteiger partial charge in [0, 0.05) is 69.5 Å². The Balaban J connectivity index is 0.953. The molecule has 4 aromatic rings. The fourth-order valence-electron chi connectivity index (χ4n) is 8.08. The zero-order valence-electron chi connectivity index (χ0n) is 30.2. The van der Waals surface area contributed by atoms with E-state index in [4.69, 9.17) is 22.1 Å². The standard InChI is InChI=1S/C39H45ClFN9O3/c1-24-33(11-4-27(21-42)35(24)40)53-30-7-5-29(6-8-30)50-37-31(44-25(2)39(50)52)9-3-28(36(37)41)23-48-19-17-47(18-20-48)22-26-13-15-49(16-14-26)34-12-10-32(38(43)51)45-46-34/h3-4,9-12,26,29-30H,5-8,13-20,22-23H2,1-2H3,(H2,43,51).